The molecule has 0 radical (unpaired) electrons. The summed E-state index contributed by atoms with van der Waals surface area (Å²) in [6, 6.07) is 22.5. The normalized spacial score (nSPS) is 11.0. The monoisotopic (exact) mass is 698 g/mol. The SMILES string of the molecule is COc1cc(-c2ccc(Nc3nc(-c4cc(Cl)ccc4Cl)cs3)c(OC)c2)ccc1Nc1nc(-c2cc(Cl)ccc2Cl)cs1. The predicted molar refractivity (Wildman–Crippen MR) is 187 cm³/mol. The van der Waals surface area contributed by atoms with Crippen LogP contribution in [0.15, 0.2) is 83.6 Å². The summed E-state index contributed by atoms with van der Waals surface area (Å²) in [7, 11) is 3.27. The lowest BCUT2D eigenvalue weighted by molar-refractivity contribution is 0.416. The van der Waals surface area contributed by atoms with Crippen molar-refractivity contribution < 1.29 is 9.47 Å². The Morgan fingerprint density at radius 3 is 1.41 bits per heavy atom. The number of aromatic nitrogens is 2. The lowest BCUT2D eigenvalue weighted by Crippen LogP contribution is -1.96. The second kappa shape index (κ2) is 13.2. The number of methoxy groups -OCH3 is 2. The van der Waals surface area contributed by atoms with Crippen LogP contribution in [0.1, 0.15) is 0 Å². The summed E-state index contributed by atoms with van der Waals surface area (Å²) in [5.41, 5.74) is 6.49. The first kappa shape index (κ1) is 30.5. The van der Waals surface area contributed by atoms with Crippen LogP contribution < -0.4 is 20.1 Å². The van der Waals surface area contributed by atoms with Crippen LogP contribution in [-0.2, 0) is 0 Å². The second-order valence-corrected chi connectivity index (χ2v) is 12.8. The number of rotatable bonds is 9. The first-order chi connectivity index (χ1) is 21.3. The summed E-state index contributed by atoms with van der Waals surface area (Å²) in [4.78, 5) is 9.39. The molecular weight excluding hydrogens is 678 g/mol. The van der Waals surface area contributed by atoms with Gasteiger partial charge in [0.1, 0.15) is 11.5 Å². The topological polar surface area (TPSA) is 68.3 Å². The molecule has 44 heavy (non-hydrogen) atoms. The first-order valence-electron chi connectivity index (χ1n) is 13.0. The second-order valence-electron chi connectivity index (χ2n) is 9.40. The molecule has 0 fully saturated rings. The lowest BCUT2D eigenvalue weighted by atomic mass is 10.0. The van der Waals surface area contributed by atoms with Gasteiger partial charge in [0.2, 0.25) is 0 Å². The molecule has 0 unspecified atom stereocenters. The van der Waals surface area contributed by atoms with Crippen molar-refractivity contribution in [3.8, 4) is 45.1 Å². The molecule has 0 aliphatic rings. The minimum atomic E-state index is 0.587. The first-order valence-corrected chi connectivity index (χ1v) is 16.3. The van der Waals surface area contributed by atoms with Gasteiger partial charge in [0.05, 0.1) is 47.0 Å². The third kappa shape index (κ3) is 6.61. The van der Waals surface area contributed by atoms with Crippen LogP contribution in [0.2, 0.25) is 20.1 Å². The highest BCUT2D eigenvalue weighted by Gasteiger charge is 2.15. The average Bonchev–Trinajstić information content (AvgIpc) is 3.70. The van der Waals surface area contributed by atoms with Crippen LogP contribution in [0, 0.1) is 0 Å². The fourth-order valence-electron chi connectivity index (χ4n) is 4.48. The molecule has 0 saturated heterocycles. The molecule has 6 nitrogen and oxygen atoms in total. The molecule has 222 valence electrons. The van der Waals surface area contributed by atoms with Crippen molar-refractivity contribution in [3.63, 3.8) is 0 Å². The number of hydrogen-bond donors (Lipinski definition) is 2. The van der Waals surface area contributed by atoms with Gasteiger partial charge in [-0.3, -0.25) is 0 Å². The van der Waals surface area contributed by atoms with Gasteiger partial charge in [0.25, 0.3) is 0 Å². The van der Waals surface area contributed by atoms with E-state index in [2.05, 4.69) is 10.6 Å². The molecule has 2 heterocycles. The van der Waals surface area contributed by atoms with E-state index in [1.165, 1.54) is 22.7 Å². The number of ether oxygens (including phenoxy) is 2. The quantitative estimate of drug-likeness (QED) is 0.157. The van der Waals surface area contributed by atoms with E-state index in [1.807, 2.05) is 47.2 Å². The molecule has 6 rings (SSSR count). The van der Waals surface area contributed by atoms with Gasteiger partial charge in [-0.1, -0.05) is 58.5 Å². The fourth-order valence-corrected chi connectivity index (χ4v) is 6.69. The number of nitrogens with zero attached hydrogens (tertiary/aromatic N) is 2. The zero-order valence-corrected chi connectivity index (χ0v) is 27.8. The maximum absolute atomic E-state index is 6.37. The molecule has 0 bridgehead atoms. The maximum atomic E-state index is 6.37. The molecule has 0 saturated carbocycles. The Labute approximate surface area is 282 Å². The molecule has 0 amide bonds. The van der Waals surface area contributed by atoms with Crippen molar-refractivity contribution in [2.24, 2.45) is 0 Å². The van der Waals surface area contributed by atoms with Gasteiger partial charge < -0.3 is 20.1 Å². The smallest absolute Gasteiger partial charge is 0.187 e. The molecule has 2 aromatic heterocycles. The van der Waals surface area contributed by atoms with Crippen molar-refractivity contribution in [3.05, 3.63) is 104 Å². The molecular formula is C32H22Cl4N4O2S2. The van der Waals surface area contributed by atoms with Crippen molar-refractivity contribution in [2.45, 2.75) is 0 Å². The molecule has 2 N–H and O–H groups in total. The highest BCUT2D eigenvalue weighted by molar-refractivity contribution is 7.14. The van der Waals surface area contributed by atoms with Gasteiger partial charge in [-0.25, -0.2) is 9.97 Å². The summed E-state index contributed by atoms with van der Waals surface area (Å²) in [6.07, 6.45) is 0. The Hall–Kier alpha value is -3.50. The minimum absolute atomic E-state index is 0.587. The van der Waals surface area contributed by atoms with Crippen LogP contribution >= 0.6 is 69.1 Å². The van der Waals surface area contributed by atoms with Crippen LogP contribution in [-0.4, -0.2) is 24.2 Å². The molecule has 0 aliphatic carbocycles. The standard InChI is InChI=1S/C32H22Cl4N4O2S2/c1-41-29-11-17(3-9-25(29)37-31-39-27(15-43-31)21-13-19(33)5-7-23(21)35)18-4-10-26(30(12-18)42-2)38-32-40-28(16-44-32)22-14-20(34)6-8-24(22)36/h3-16H,1-2H3,(H,37,39)(H,38,40). The number of hydrogen-bond acceptors (Lipinski definition) is 8. The van der Waals surface area contributed by atoms with Crippen molar-refractivity contribution in [1.29, 1.82) is 0 Å². The lowest BCUT2D eigenvalue weighted by Gasteiger charge is -2.14. The van der Waals surface area contributed by atoms with Gasteiger partial charge in [-0.05, 0) is 71.8 Å². The Morgan fingerprint density at radius 1 is 0.568 bits per heavy atom. The van der Waals surface area contributed by atoms with E-state index in [4.69, 9.17) is 65.8 Å². The molecule has 6 aromatic rings. The van der Waals surface area contributed by atoms with Crippen LogP contribution in [0.3, 0.4) is 0 Å². The average molecular weight is 700 g/mol. The summed E-state index contributed by atoms with van der Waals surface area (Å²) in [5.74, 6) is 1.33. The van der Waals surface area contributed by atoms with Gasteiger partial charge in [-0.2, -0.15) is 0 Å². The van der Waals surface area contributed by atoms with Crippen LogP contribution in [0.4, 0.5) is 21.6 Å². The van der Waals surface area contributed by atoms with E-state index in [0.717, 1.165) is 45.0 Å². The molecule has 0 aliphatic heterocycles. The number of halogens is 4. The largest absolute Gasteiger partial charge is 0.495 e. The van der Waals surface area contributed by atoms with Gasteiger partial charge in [0, 0.05) is 31.9 Å². The number of benzene rings is 4. The van der Waals surface area contributed by atoms with E-state index in [9.17, 15) is 0 Å². The van der Waals surface area contributed by atoms with E-state index in [1.54, 1.807) is 50.6 Å². The zero-order chi connectivity index (χ0) is 30.8. The Kier molecular flexibility index (Phi) is 9.18. The fraction of sp³-hybridized carbons (Fsp3) is 0.0625. The van der Waals surface area contributed by atoms with Gasteiger partial charge in [-0.15, -0.1) is 22.7 Å². The summed E-state index contributed by atoms with van der Waals surface area (Å²) in [5, 5.41) is 14.3. The van der Waals surface area contributed by atoms with Crippen LogP contribution in [0.5, 0.6) is 11.5 Å². The maximum Gasteiger partial charge on any atom is 0.187 e. The summed E-state index contributed by atoms with van der Waals surface area (Å²) < 4.78 is 11.5. The molecule has 4 aromatic carbocycles. The van der Waals surface area contributed by atoms with Crippen LogP contribution in [0.25, 0.3) is 33.6 Å². The van der Waals surface area contributed by atoms with Gasteiger partial charge >= 0.3 is 0 Å². The highest BCUT2D eigenvalue weighted by Crippen LogP contribution is 2.40. The van der Waals surface area contributed by atoms with Crippen molar-refractivity contribution in [2.75, 3.05) is 24.9 Å². The third-order valence-electron chi connectivity index (χ3n) is 6.64. The number of thiazole rings is 2. The summed E-state index contributed by atoms with van der Waals surface area (Å²) in [6.45, 7) is 0. The highest BCUT2D eigenvalue weighted by atomic mass is 35.5. The van der Waals surface area contributed by atoms with E-state index in [-0.39, 0.29) is 0 Å². The Morgan fingerprint density at radius 2 is 1.00 bits per heavy atom. The minimum Gasteiger partial charge on any atom is -0.495 e. The summed E-state index contributed by atoms with van der Waals surface area (Å²) >= 11 is 28.0. The van der Waals surface area contributed by atoms with Crippen molar-refractivity contribution in [1.82, 2.24) is 9.97 Å². The Balaban J connectivity index is 1.21. The predicted octanol–water partition coefficient (Wildman–Crippen LogP) is 11.7. The molecule has 12 heteroatoms. The molecule has 0 atom stereocenters. The van der Waals surface area contributed by atoms with E-state index < -0.39 is 0 Å². The number of anilines is 4. The Bertz CT molecular complexity index is 1840. The third-order valence-corrected chi connectivity index (χ3v) is 9.28. The van der Waals surface area contributed by atoms with Crippen molar-refractivity contribution >= 4 is 90.7 Å². The molecule has 0 spiro atoms. The number of nitrogens with one attached hydrogen (secondary N) is 2. The van der Waals surface area contributed by atoms with Gasteiger partial charge in [0.15, 0.2) is 10.3 Å². The zero-order valence-electron chi connectivity index (χ0n) is 23.1. The van der Waals surface area contributed by atoms with E-state index >= 15 is 0 Å². The van der Waals surface area contributed by atoms with E-state index in [0.29, 0.717) is 41.9 Å².